The molecule has 7 nitrogen and oxygen atoms in total. The smallest absolute Gasteiger partial charge is 0.321 e. The van der Waals surface area contributed by atoms with Crippen molar-refractivity contribution in [3.63, 3.8) is 0 Å². The molecule has 0 bridgehead atoms. The Morgan fingerprint density at radius 2 is 1.67 bits per heavy atom. The molecule has 0 amide bonds. The fourth-order valence-corrected chi connectivity index (χ4v) is 2.98. The average Bonchev–Trinajstić information content (AvgIpc) is 3.10. The highest BCUT2D eigenvalue weighted by Gasteiger charge is 2.41. The van der Waals surface area contributed by atoms with Crippen molar-refractivity contribution in [1.29, 1.82) is 0 Å². The zero-order valence-electron chi connectivity index (χ0n) is 16.8. The Morgan fingerprint density at radius 3 is 2.27 bits per heavy atom. The van der Waals surface area contributed by atoms with Crippen molar-refractivity contribution in [2.45, 2.75) is 26.7 Å². The van der Waals surface area contributed by atoms with Gasteiger partial charge in [-0.25, -0.2) is 4.98 Å². The number of benzene rings is 2. The molecular weight excluding hydrogens is 386 g/mol. The van der Waals surface area contributed by atoms with Crippen LogP contribution in [0.4, 0.5) is 0 Å². The lowest BCUT2D eigenvalue weighted by molar-refractivity contribution is -0.163. The zero-order valence-corrected chi connectivity index (χ0v) is 16.8. The number of hydrogen-bond acceptors (Lipinski definition) is 5. The van der Waals surface area contributed by atoms with E-state index in [1.54, 1.807) is 24.3 Å². The minimum Gasteiger partial charge on any atom is -0.493 e. The van der Waals surface area contributed by atoms with Crippen LogP contribution in [0.2, 0.25) is 0 Å². The van der Waals surface area contributed by atoms with E-state index in [1.807, 2.05) is 37.3 Å². The van der Waals surface area contributed by atoms with Crippen molar-refractivity contribution in [3.05, 3.63) is 71.6 Å². The summed E-state index contributed by atoms with van der Waals surface area (Å²) < 4.78 is 11.5. The number of aliphatic carboxylic acids is 2. The van der Waals surface area contributed by atoms with Crippen molar-refractivity contribution < 1.29 is 29.0 Å². The molecule has 2 N–H and O–H groups in total. The number of hydrogen-bond donors (Lipinski definition) is 2. The Balaban J connectivity index is 1.58. The van der Waals surface area contributed by atoms with E-state index in [4.69, 9.17) is 9.15 Å². The van der Waals surface area contributed by atoms with Crippen LogP contribution in [0, 0.1) is 12.3 Å². The largest absolute Gasteiger partial charge is 0.493 e. The van der Waals surface area contributed by atoms with Crippen molar-refractivity contribution in [3.8, 4) is 17.2 Å². The van der Waals surface area contributed by atoms with Gasteiger partial charge in [0.25, 0.3) is 0 Å². The number of carboxylic acid groups (broad SMARTS) is 2. The summed E-state index contributed by atoms with van der Waals surface area (Å²) in [6, 6.07) is 16.4. The molecule has 0 aliphatic rings. The molecule has 1 aromatic heterocycles. The highest BCUT2D eigenvalue weighted by Crippen LogP contribution is 2.25. The number of nitrogens with zero attached hydrogens (tertiary/aromatic N) is 1. The van der Waals surface area contributed by atoms with Gasteiger partial charge in [0.05, 0.1) is 12.3 Å². The summed E-state index contributed by atoms with van der Waals surface area (Å²) in [7, 11) is 0. The third kappa shape index (κ3) is 4.68. The third-order valence-electron chi connectivity index (χ3n) is 4.95. The maximum atomic E-state index is 11.3. The number of ether oxygens (including phenoxy) is 1. The average molecular weight is 409 g/mol. The second-order valence-corrected chi connectivity index (χ2v) is 7.25. The molecule has 7 heteroatoms. The lowest BCUT2D eigenvalue weighted by atomic mass is 9.84. The number of aryl methyl sites for hydroxylation is 1. The molecule has 0 aliphatic carbocycles. The number of carboxylic acids is 2. The second-order valence-electron chi connectivity index (χ2n) is 7.25. The van der Waals surface area contributed by atoms with Crippen molar-refractivity contribution in [1.82, 2.24) is 4.98 Å². The summed E-state index contributed by atoms with van der Waals surface area (Å²) >= 11 is 0. The van der Waals surface area contributed by atoms with Gasteiger partial charge < -0.3 is 19.4 Å². The normalized spacial score (nSPS) is 11.3. The molecule has 0 fully saturated rings. The van der Waals surface area contributed by atoms with Crippen LogP contribution < -0.4 is 4.74 Å². The Bertz CT molecular complexity index is 1010. The number of carbonyl (C=O) groups is 2. The molecule has 30 heavy (non-hydrogen) atoms. The van der Waals surface area contributed by atoms with Gasteiger partial charge in [0.2, 0.25) is 5.89 Å². The monoisotopic (exact) mass is 409 g/mol. The van der Waals surface area contributed by atoms with Gasteiger partial charge in [0.15, 0.2) is 5.41 Å². The molecule has 156 valence electrons. The van der Waals surface area contributed by atoms with E-state index in [0.717, 1.165) is 17.0 Å². The molecule has 0 saturated carbocycles. The van der Waals surface area contributed by atoms with Crippen LogP contribution in [0.1, 0.15) is 23.9 Å². The van der Waals surface area contributed by atoms with E-state index in [9.17, 15) is 19.8 Å². The first-order chi connectivity index (χ1) is 14.3. The van der Waals surface area contributed by atoms with Crippen LogP contribution >= 0.6 is 0 Å². The van der Waals surface area contributed by atoms with Gasteiger partial charge in [0.1, 0.15) is 11.5 Å². The molecule has 0 aliphatic heterocycles. The maximum Gasteiger partial charge on any atom is 0.321 e. The summed E-state index contributed by atoms with van der Waals surface area (Å²) in [6.45, 7) is 3.46. The van der Waals surface area contributed by atoms with E-state index >= 15 is 0 Å². The Kier molecular flexibility index (Phi) is 6.20. The van der Waals surface area contributed by atoms with Gasteiger partial charge >= 0.3 is 11.9 Å². The quantitative estimate of drug-likeness (QED) is 0.514. The van der Waals surface area contributed by atoms with Crippen LogP contribution in [0.15, 0.2) is 59.0 Å². The molecule has 0 spiro atoms. The minimum atomic E-state index is -1.87. The molecule has 0 unspecified atom stereocenters. The summed E-state index contributed by atoms with van der Waals surface area (Å²) in [4.78, 5) is 27.2. The third-order valence-corrected chi connectivity index (χ3v) is 4.95. The van der Waals surface area contributed by atoms with E-state index in [1.165, 1.54) is 6.92 Å². The fourth-order valence-electron chi connectivity index (χ4n) is 2.98. The van der Waals surface area contributed by atoms with Gasteiger partial charge in [-0.15, -0.1) is 0 Å². The number of rotatable bonds is 9. The highest BCUT2D eigenvalue weighted by molar-refractivity contribution is 5.98. The fraction of sp³-hybridized carbons (Fsp3) is 0.261. The Labute approximate surface area is 174 Å². The molecule has 3 rings (SSSR count). The summed E-state index contributed by atoms with van der Waals surface area (Å²) in [6.07, 6.45) is 0.457. The first kappa shape index (κ1) is 21.1. The van der Waals surface area contributed by atoms with Crippen LogP contribution in [-0.2, 0) is 22.4 Å². The summed E-state index contributed by atoms with van der Waals surface area (Å²) in [5.74, 6) is -0.807. The summed E-state index contributed by atoms with van der Waals surface area (Å²) in [5, 5.41) is 18.4. The SMILES string of the molecule is Cc1oc(-c2ccccc2)nc1CCOc1ccc(CC(C)(C(=O)O)C(=O)O)cc1. The van der Waals surface area contributed by atoms with Crippen molar-refractivity contribution in [2.24, 2.45) is 5.41 Å². The molecule has 0 radical (unpaired) electrons. The maximum absolute atomic E-state index is 11.3. The van der Waals surface area contributed by atoms with Crippen LogP contribution in [-0.4, -0.2) is 33.7 Å². The molecule has 0 saturated heterocycles. The number of oxazole rings is 1. The predicted octanol–water partition coefficient (Wildman–Crippen LogP) is 3.99. The summed E-state index contributed by atoms with van der Waals surface area (Å²) in [5.41, 5.74) is 0.472. The number of aromatic nitrogens is 1. The van der Waals surface area contributed by atoms with Gasteiger partial charge in [-0.3, -0.25) is 9.59 Å². The van der Waals surface area contributed by atoms with Crippen molar-refractivity contribution >= 4 is 11.9 Å². The van der Waals surface area contributed by atoms with Gasteiger partial charge in [-0.2, -0.15) is 0 Å². The molecule has 0 atom stereocenters. The highest BCUT2D eigenvalue weighted by atomic mass is 16.5. The second kappa shape index (κ2) is 8.82. The lowest BCUT2D eigenvalue weighted by Crippen LogP contribution is -2.38. The van der Waals surface area contributed by atoms with E-state index in [0.29, 0.717) is 30.2 Å². The van der Waals surface area contributed by atoms with E-state index < -0.39 is 17.4 Å². The van der Waals surface area contributed by atoms with E-state index in [-0.39, 0.29) is 6.42 Å². The van der Waals surface area contributed by atoms with Gasteiger partial charge in [-0.05, 0) is 50.1 Å². The standard InChI is InChI=1S/C23H23NO6/c1-15-19(24-20(30-15)17-6-4-3-5-7-17)12-13-29-18-10-8-16(9-11-18)14-23(2,21(25)26)22(27)28/h3-11H,12-14H2,1-2H3,(H,25,26)(H,27,28). The Morgan fingerprint density at radius 1 is 1.03 bits per heavy atom. The predicted molar refractivity (Wildman–Crippen MR) is 109 cm³/mol. The molecule has 2 aromatic carbocycles. The Hall–Kier alpha value is -3.61. The molecule has 3 aromatic rings. The van der Waals surface area contributed by atoms with Crippen LogP contribution in [0.25, 0.3) is 11.5 Å². The van der Waals surface area contributed by atoms with Crippen molar-refractivity contribution in [2.75, 3.05) is 6.61 Å². The van der Waals surface area contributed by atoms with Crippen LogP contribution in [0.5, 0.6) is 5.75 Å². The van der Waals surface area contributed by atoms with Gasteiger partial charge in [-0.1, -0.05) is 30.3 Å². The van der Waals surface area contributed by atoms with Gasteiger partial charge in [0, 0.05) is 12.0 Å². The topological polar surface area (TPSA) is 110 Å². The minimum absolute atomic E-state index is 0.113. The zero-order chi connectivity index (χ0) is 21.7. The molecule has 1 heterocycles. The molecular formula is C23H23NO6. The lowest BCUT2D eigenvalue weighted by Gasteiger charge is -2.19. The first-order valence-electron chi connectivity index (χ1n) is 9.50. The van der Waals surface area contributed by atoms with Crippen LogP contribution in [0.3, 0.4) is 0 Å². The van der Waals surface area contributed by atoms with E-state index in [2.05, 4.69) is 4.98 Å². The first-order valence-corrected chi connectivity index (χ1v) is 9.50.